The van der Waals surface area contributed by atoms with Crippen LogP contribution in [0.2, 0.25) is 0 Å². The summed E-state index contributed by atoms with van der Waals surface area (Å²) < 4.78 is 13.3. The van der Waals surface area contributed by atoms with Gasteiger partial charge in [-0.05, 0) is 49.4 Å². The topological polar surface area (TPSA) is 17.1 Å². The van der Waals surface area contributed by atoms with Crippen LogP contribution >= 0.6 is 0 Å². The molecule has 2 rings (SSSR count). The molecule has 1 saturated carbocycles. The van der Waals surface area contributed by atoms with Gasteiger partial charge in [-0.2, -0.15) is 0 Å². The average molecular weight is 234 g/mol. The van der Waals surface area contributed by atoms with E-state index in [0.29, 0.717) is 11.5 Å². The van der Waals surface area contributed by atoms with Gasteiger partial charge in [0.2, 0.25) is 0 Å². The number of hydrogen-bond donors (Lipinski definition) is 0. The van der Waals surface area contributed by atoms with Gasteiger partial charge < -0.3 is 0 Å². The van der Waals surface area contributed by atoms with Crippen molar-refractivity contribution in [2.45, 2.75) is 39.5 Å². The highest BCUT2D eigenvalue weighted by Gasteiger charge is 2.26. The van der Waals surface area contributed by atoms with Crippen LogP contribution in [0.3, 0.4) is 0 Å². The molecule has 0 saturated heterocycles. The maximum absolute atomic E-state index is 13.3. The average Bonchev–Trinajstić information content (AvgIpc) is 2.26. The van der Waals surface area contributed by atoms with Crippen molar-refractivity contribution in [1.29, 1.82) is 0 Å². The van der Waals surface area contributed by atoms with Crippen molar-refractivity contribution in [3.63, 3.8) is 0 Å². The summed E-state index contributed by atoms with van der Waals surface area (Å²) in [6.45, 7) is 4.01. The molecule has 2 heteroatoms. The standard InChI is InChI=1S/C15H19FO/c1-10-4-3-5-12(6-10)15(17)13-7-11(2)8-14(16)9-13/h7-10,12H,3-6H2,1-2H3. The van der Waals surface area contributed by atoms with E-state index in [2.05, 4.69) is 6.92 Å². The van der Waals surface area contributed by atoms with Gasteiger partial charge in [-0.1, -0.05) is 19.8 Å². The fraction of sp³-hybridized carbons (Fsp3) is 0.533. The van der Waals surface area contributed by atoms with E-state index in [1.54, 1.807) is 6.07 Å². The number of Topliss-reactive ketones (excluding diaryl/α,β-unsaturated/α-hetero) is 1. The molecule has 0 heterocycles. The SMILES string of the molecule is Cc1cc(F)cc(C(=O)C2CCCC(C)C2)c1. The largest absolute Gasteiger partial charge is 0.294 e. The van der Waals surface area contributed by atoms with Crippen LogP contribution in [0.15, 0.2) is 18.2 Å². The van der Waals surface area contributed by atoms with Crippen LogP contribution in [0.5, 0.6) is 0 Å². The highest BCUT2D eigenvalue weighted by molar-refractivity contribution is 5.98. The molecule has 92 valence electrons. The van der Waals surface area contributed by atoms with Gasteiger partial charge >= 0.3 is 0 Å². The van der Waals surface area contributed by atoms with Crippen LogP contribution in [-0.4, -0.2) is 5.78 Å². The number of carbonyl (C=O) groups is 1. The summed E-state index contributed by atoms with van der Waals surface area (Å²) >= 11 is 0. The molecule has 0 aromatic heterocycles. The van der Waals surface area contributed by atoms with Crippen LogP contribution in [0.25, 0.3) is 0 Å². The predicted molar refractivity (Wildman–Crippen MR) is 66.6 cm³/mol. The molecular weight excluding hydrogens is 215 g/mol. The maximum Gasteiger partial charge on any atom is 0.166 e. The highest BCUT2D eigenvalue weighted by atomic mass is 19.1. The molecule has 2 unspecified atom stereocenters. The molecule has 1 aliphatic carbocycles. The van der Waals surface area contributed by atoms with Gasteiger partial charge in [-0.3, -0.25) is 4.79 Å². The Bertz CT molecular complexity index is 405. The Hall–Kier alpha value is -1.18. The molecule has 1 aromatic carbocycles. The molecule has 2 atom stereocenters. The van der Waals surface area contributed by atoms with Gasteiger partial charge in [-0.25, -0.2) is 4.39 Å². The molecule has 0 radical (unpaired) electrons. The Morgan fingerprint density at radius 3 is 2.71 bits per heavy atom. The van der Waals surface area contributed by atoms with E-state index in [1.807, 2.05) is 6.92 Å². The molecule has 1 fully saturated rings. The summed E-state index contributed by atoms with van der Waals surface area (Å²) in [6.07, 6.45) is 4.24. The molecular formula is C15H19FO. The quantitative estimate of drug-likeness (QED) is 0.703. The molecule has 1 aromatic rings. The zero-order valence-electron chi connectivity index (χ0n) is 10.5. The van der Waals surface area contributed by atoms with Crippen LogP contribution in [-0.2, 0) is 0 Å². The van der Waals surface area contributed by atoms with Crippen LogP contribution in [0, 0.1) is 24.6 Å². The third-order valence-electron chi connectivity index (χ3n) is 3.63. The molecule has 1 nitrogen and oxygen atoms in total. The second-order valence-electron chi connectivity index (χ2n) is 5.35. The molecule has 0 amide bonds. The second-order valence-corrected chi connectivity index (χ2v) is 5.35. The summed E-state index contributed by atoms with van der Waals surface area (Å²) in [5, 5.41) is 0. The zero-order chi connectivity index (χ0) is 12.4. The fourth-order valence-corrected chi connectivity index (χ4v) is 2.79. The summed E-state index contributed by atoms with van der Waals surface area (Å²) in [6, 6.07) is 4.62. The van der Waals surface area contributed by atoms with Gasteiger partial charge in [0.25, 0.3) is 0 Å². The lowest BCUT2D eigenvalue weighted by Gasteiger charge is -2.25. The normalized spacial score (nSPS) is 24.6. The smallest absolute Gasteiger partial charge is 0.166 e. The van der Waals surface area contributed by atoms with Crippen LogP contribution < -0.4 is 0 Å². The van der Waals surface area contributed by atoms with E-state index in [0.717, 1.165) is 24.8 Å². The zero-order valence-corrected chi connectivity index (χ0v) is 10.5. The third-order valence-corrected chi connectivity index (χ3v) is 3.63. The summed E-state index contributed by atoms with van der Waals surface area (Å²) in [5.41, 5.74) is 1.36. The van der Waals surface area contributed by atoms with Crippen molar-refractivity contribution in [2.24, 2.45) is 11.8 Å². The third kappa shape index (κ3) is 2.93. The lowest BCUT2D eigenvalue weighted by molar-refractivity contribution is 0.0868. The Labute approximate surface area is 102 Å². The summed E-state index contributed by atoms with van der Waals surface area (Å²) in [7, 11) is 0. The van der Waals surface area contributed by atoms with Gasteiger partial charge in [0, 0.05) is 11.5 Å². The predicted octanol–water partition coefficient (Wildman–Crippen LogP) is 4.14. The van der Waals surface area contributed by atoms with E-state index in [4.69, 9.17) is 0 Å². The van der Waals surface area contributed by atoms with E-state index in [1.165, 1.54) is 18.6 Å². The number of halogens is 1. The Morgan fingerprint density at radius 1 is 1.29 bits per heavy atom. The number of aryl methyl sites for hydroxylation is 1. The van der Waals surface area contributed by atoms with E-state index in [-0.39, 0.29) is 17.5 Å². The number of carbonyl (C=O) groups excluding carboxylic acids is 1. The summed E-state index contributed by atoms with van der Waals surface area (Å²) in [5.74, 6) is 0.531. The Balaban J connectivity index is 2.18. The first-order valence-corrected chi connectivity index (χ1v) is 6.37. The highest BCUT2D eigenvalue weighted by Crippen LogP contribution is 2.31. The Morgan fingerprint density at radius 2 is 2.06 bits per heavy atom. The van der Waals surface area contributed by atoms with Gasteiger partial charge in [0.05, 0.1) is 0 Å². The van der Waals surface area contributed by atoms with E-state index < -0.39 is 0 Å². The monoisotopic (exact) mass is 234 g/mol. The number of ketones is 1. The van der Waals surface area contributed by atoms with E-state index in [9.17, 15) is 9.18 Å². The Kier molecular flexibility index (Phi) is 3.60. The van der Waals surface area contributed by atoms with Crippen LogP contribution in [0.1, 0.15) is 48.5 Å². The van der Waals surface area contributed by atoms with Crippen LogP contribution in [0.4, 0.5) is 4.39 Å². The van der Waals surface area contributed by atoms with Gasteiger partial charge in [-0.15, -0.1) is 0 Å². The van der Waals surface area contributed by atoms with Gasteiger partial charge in [0.15, 0.2) is 5.78 Å². The first-order valence-electron chi connectivity index (χ1n) is 6.37. The molecule has 0 spiro atoms. The van der Waals surface area contributed by atoms with Crippen molar-refractivity contribution >= 4 is 5.78 Å². The molecule has 0 N–H and O–H groups in total. The van der Waals surface area contributed by atoms with Crippen molar-refractivity contribution in [1.82, 2.24) is 0 Å². The fourth-order valence-electron chi connectivity index (χ4n) is 2.79. The first kappa shape index (κ1) is 12.3. The first-order chi connectivity index (χ1) is 8.06. The lowest BCUT2D eigenvalue weighted by atomic mass is 9.78. The van der Waals surface area contributed by atoms with Crippen molar-refractivity contribution in [3.05, 3.63) is 35.1 Å². The molecule has 1 aliphatic rings. The minimum atomic E-state index is -0.308. The molecule has 0 aliphatic heterocycles. The number of rotatable bonds is 2. The maximum atomic E-state index is 13.3. The molecule has 0 bridgehead atoms. The minimum absolute atomic E-state index is 0.0972. The van der Waals surface area contributed by atoms with Crippen molar-refractivity contribution in [3.8, 4) is 0 Å². The second kappa shape index (κ2) is 4.99. The van der Waals surface area contributed by atoms with Gasteiger partial charge in [0.1, 0.15) is 5.82 Å². The molecule has 17 heavy (non-hydrogen) atoms. The lowest BCUT2D eigenvalue weighted by Crippen LogP contribution is -2.22. The van der Waals surface area contributed by atoms with E-state index >= 15 is 0 Å². The van der Waals surface area contributed by atoms with Crippen molar-refractivity contribution in [2.75, 3.05) is 0 Å². The minimum Gasteiger partial charge on any atom is -0.294 e. The number of hydrogen-bond acceptors (Lipinski definition) is 1. The number of benzene rings is 1. The summed E-state index contributed by atoms with van der Waals surface area (Å²) in [4.78, 5) is 12.3. The van der Waals surface area contributed by atoms with Crippen molar-refractivity contribution < 1.29 is 9.18 Å².